The quantitative estimate of drug-likeness (QED) is 0.866. The van der Waals surface area contributed by atoms with Gasteiger partial charge in [0, 0.05) is 20.8 Å². The van der Waals surface area contributed by atoms with E-state index in [4.69, 9.17) is 11.6 Å². The van der Waals surface area contributed by atoms with Crippen LogP contribution in [0, 0.1) is 5.92 Å². The number of benzene rings is 1. The summed E-state index contributed by atoms with van der Waals surface area (Å²) in [5.74, 6) is -0.492. The van der Waals surface area contributed by atoms with Crippen molar-refractivity contribution < 1.29 is 9.90 Å². The first-order chi connectivity index (χ1) is 9.97. The normalized spacial score (nSPS) is 17.6. The number of carboxylic acids is 1. The number of nitrogens with zero attached hydrogens (tertiary/aromatic N) is 2. The monoisotopic (exact) mass is 368 g/mol. The van der Waals surface area contributed by atoms with Crippen molar-refractivity contribution in [3.63, 3.8) is 0 Å². The van der Waals surface area contributed by atoms with E-state index in [0.29, 0.717) is 10.9 Å². The van der Waals surface area contributed by atoms with Crippen LogP contribution in [-0.4, -0.2) is 20.9 Å². The summed E-state index contributed by atoms with van der Waals surface area (Å²) in [7, 11) is 0. The Morgan fingerprint density at radius 2 is 2.29 bits per heavy atom. The standard InChI is InChI=1S/C15H14BrClN2O2/c1-8-2-5-12-10(6-8)14(15(20)21)18-19(12)13-7-9(17)3-4-11(13)16/h3-4,7-8H,2,5-6H2,1H3,(H,20,21). The molecule has 1 atom stereocenters. The highest BCUT2D eigenvalue weighted by Crippen LogP contribution is 2.32. The lowest BCUT2D eigenvalue weighted by Gasteiger charge is -2.20. The summed E-state index contributed by atoms with van der Waals surface area (Å²) in [6.45, 7) is 2.14. The van der Waals surface area contributed by atoms with Gasteiger partial charge >= 0.3 is 5.97 Å². The fourth-order valence-electron chi connectivity index (χ4n) is 2.81. The fraction of sp³-hybridized carbons (Fsp3) is 0.333. The molecule has 0 bridgehead atoms. The largest absolute Gasteiger partial charge is 0.476 e. The summed E-state index contributed by atoms with van der Waals surface area (Å²) in [5, 5.41) is 14.3. The minimum Gasteiger partial charge on any atom is -0.476 e. The van der Waals surface area contributed by atoms with Gasteiger partial charge in [-0.3, -0.25) is 0 Å². The highest BCUT2D eigenvalue weighted by molar-refractivity contribution is 9.10. The molecule has 0 saturated carbocycles. The first-order valence-electron chi connectivity index (χ1n) is 6.77. The topological polar surface area (TPSA) is 55.1 Å². The fourth-order valence-corrected chi connectivity index (χ4v) is 3.39. The van der Waals surface area contributed by atoms with Crippen molar-refractivity contribution >= 4 is 33.5 Å². The number of aromatic carboxylic acids is 1. The highest BCUT2D eigenvalue weighted by Gasteiger charge is 2.28. The summed E-state index contributed by atoms with van der Waals surface area (Å²) in [6, 6.07) is 5.42. The molecule has 2 aromatic rings. The van der Waals surface area contributed by atoms with Crippen LogP contribution in [-0.2, 0) is 12.8 Å². The molecule has 1 unspecified atom stereocenters. The molecule has 1 N–H and O–H groups in total. The van der Waals surface area contributed by atoms with Gasteiger partial charge < -0.3 is 5.11 Å². The van der Waals surface area contributed by atoms with Gasteiger partial charge in [0.25, 0.3) is 0 Å². The predicted octanol–water partition coefficient (Wildman–Crippen LogP) is 4.11. The number of hydrogen-bond acceptors (Lipinski definition) is 2. The SMILES string of the molecule is CC1CCc2c(c(C(=O)O)nn2-c2cc(Cl)ccc2Br)C1. The van der Waals surface area contributed by atoms with Gasteiger partial charge in [0.1, 0.15) is 0 Å². The first kappa shape index (κ1) is 14.6. The van der Waals surface area contributed by atoms with Gasteiger partial charge in [0.05, 0.1) is 5.69 Å². The second kappa shape index (κ2) is 5.46. The molecule has 1 aromatic heterocycles. The van der Waals surface area contributed by atoms with E-state index >= 15 is 0 Å². The number of carbonyl (C=O) groups is 1. The molecule has 0 spiro atoms. The minimum absolute atomic E-state index is 0.156. The zero-order valence-corrected chi connectivity index (χ0v) is 13.8. The lowest BCUT2D eigenvalue weighted by molar-refractivity contribution is 0.0688. The van der Waals surface area contributed by atoms with Crippen molar-refractivity contribution in [1.29, 1.82) is 0 Å². The van der Waals surface area contributed by atoms with Gasteiger partial charge in [0.15, 0.2) is 5.69 Å². The number of carboxylic acid groups (broad SMARTS) is 1. The molecule has 0 aliphatic heterocycles. The molecule has 3 rings (SSSR count). The molecule has 0 fully saturated rings. The average molecular weight is 370 g/mol. The summed E-state index contributed by atoms with van der Waals surface area (Å²) in [6.07, 6.45) is 2.63. The van der Waals surface area contributed by atoms with Gasteiger partial charge in [-0.1, -0.05) is 18.5 Å². The number of aromatic nitrogens is 2. The van der Waals surface area contributed by atoms with E-state index in [1.54, 1.807) is 16.8 Å². The Morgan fingerprint density at radius 1 is 1.52 bits per heavy atom. The molecule has 0 saturated heterocycles. The Hall–Kier alpha value is -1.33. The summed E-state index contributed by atoms with van der Waals surface area (Å²) < 4.78 is 2.56. The number of hydrogen-bond donors (Lipinski definition) is 1. The van der Waals surface area contributed by atoms with Crippen molar-refractivity contribution in [2.75, 3.05) is 0 Å². The maximum atomic E-state index is 11.5. The summed E-state index contributed by atoms with van der Waals surface area (Å²) in [4.78, 5) is 11.5. The molecule has 4 nitrogen and oxygen atoms in total. The van der Waals surface area contributed by atoms with Crippen LogP contribution < -0.4 is 0 Å². The van der Waals surface area contributed by atoms with Crippen LogP contribution in [0.2, 0.25) is 5.02 Å². The van der Waals surface area contributed by atoms with E-state index in [2.05, 4.69) is 28.0 Å². The molecule has 0 radical (unpaired) electrons. The van der Waals surface area contributed by atoms with Gasteiger partial charge in [0.2, 0.25) is 0 Å². The molecular weight excluding hydrogens is 356 g/mol. The molecule has 1 heterocycles. The lowest BCUT2D eigenvalue weighted by atomic mass is 9.87. The lowest BCUT2D eigenvalue weighted by Crippen LogP contribution is -2.14. The zero-order valence-electron chi connectivity index (χ0n) is 11.4. The minimum atomic E-state index is -0.975. The van der Waals surface area contributed by atoms with Crippen LogP contribution in [0.25, 0.3) is 5.69 Å². The van der Waals surface area contributed by atoms with Crippen LogP contribution in [0.1, 0.15) is 35.1 Å². The Labute approximate surface area is 135 Å². The number of fused-ring (bicyclic) bond motifs is 1. The second-order valence-electron chi connectivity index (χ2n) is 5.43. The van der Waals surface area contributed by atoms with Crippen molar-refractivity contribution in [2.45, 2.75) is 26.2 Å². The number of halogens is 2. The average Bonchev–Trinajstić information content (AvgIpc) is 2.80. The maximum Gasteiger partial charge on any atom is 0.356 e. The first-order valence-corrected chi connectivity index (χ1v) is 7.94. The van der Waals surface area contributed by atoms with Crippen LogP contribution in [0.4, 0.5) is 0 Å². The maximum absolute atomic E-state index is 11.5. The summed E-state index contributed by atoms with van der Waals surface area (Å²) in [5.41, 5.74) is 2.77. The molecule has 110 valence electrons. The van der Waals surface area contributed by atoms with Crippen molar-refractivity contribution in [3.8, 4) is 5.69 Å². The predicted molar refractivity (Wildman–Crippen MR) is 84.4 cm³/mol. The second-order valence-corrected chi connectivity index (χ2v) is 6.73. The Kier molecular flexibility index (Phi) is 3.80. The van der Waals surface area contributed by atoms with Crippen LogP contribution >= 0.6 is 27.5 Å². The van der Waals surface area contributed by atoms with E-state index in [0.717, 1.165) is 40.7 Å². The molecule has 6 heteroatoms. The van der Waals surface area contributed by atoms with E-state index in [9.17, 15) is 9.90 Å². The van der Waals surface area contributed by atoms with Crippen molar-refractivity contribution in [1.82, 2.24) is 9.78 Å². The van der Waals surface area contributed by atoms with Gasteiger partial charge in [-0.25, -0.2) is 9.48 Å². The van der Waals surface area contributed by atoms with E-state index in [1.807, 2.05) is 6.07 Å². The third-order valence-corrected chi connectivity index (χ3v) is 4.76. The van der Waals surface area contributed by atoms with Crippen LogP contribution in [0.5, 0.6) is 0 Å². The molecule has 1 aromatic carbocycles. The van der Waals surface area contributed by atoms with E-state index in [1.165, 1.54) is 0 Å². The van der Waals surface area contributed by atoms with Gasteiger partial charge in [-0.05, 0) is 59.3 Å². The third-order valence-electron chi connectivity index (χ3n) is 3.86. The summed E-state index contributed by atoms with van der Waals surface area (Å²) >= 11 is 9.55. The van der Waals surface area contributed by atoms with Gasteiger partial charge in [-0.15, -0.1) is 0 Å². The van der Waals surface area contributed by atoms with Crippen LogP contribution in [0.15, 0.2) is 22.7 Å². The molecule has 1 aliphatic rings. The molecule has 0 amide bonds. The number of rotatable bonds is 2. The molecule has 1 aliphatic carbocycles. The smallest absolute Gasteiger partial charge is 0.356 e. The Bertz CT molecular complexity index is 727. The van der Waals surface area contributed by atoms with Crippen molar-refractivity contribution in [2.24, 2.45) is 5.92 Å². The van der Waals surface area contributed by atoms with E-state index < -0.39 is 5.97 Å². The highest BCUT2D eigenvalue weighted by atomic mass is 79.9. The van der Waals surface area contributed by atoms with E-state index in [-0.39, 0.29) is 5.69 Å². The van der Waals surface area contributed by atoms with Crippen molar-refractivity contribution in [3.05, 3.63) is 44.6 Å². The zero-order chi connectivity index (χ0) is 15.1. The Balaban J connectivity index is 2.22. The van der Waals surface area contributed by atoms with Crippen LogP contribution in [0.3, 0.4) is 0 Å². The van der Waals surface area contributed by atoms with Gasteiger partial charge in [-0.2, -0.15) is 5.10 Å². The third kappa shape index (κ3) is 2.60. The molecular formula is C15H14BrClN2O2. The molecule has 21 heavy (non-hydrogen) atoms. The Morgan fingerprint density at radius 3 is 3.00 bits per heavy atom.